The quantitative estimate of drug-likeness (QED) is 0.244. The zero-order valence-electron chi connectivity index (χ0n) is 20.1. The molecule has 0 aliphatic carbocycles. The number of thioether (sulfide) groups is 2. The molecule has 3 atom stereocenters. The van der Waals surface area contributed by atoms with Crippen LogP contribution in [-0.2, 0) is 29.7 Å². The first kappa shape index (κ1) is 28.9. The summed E-state index contributed by atoms with van der Waals surface area (Å²) in [6.07, 6.45) is 0.963. The zero-order chi connectivity index (χ0) is 26.2. The van der Waals surface area contributed by atoms with Gasteiger partial charge in [0.25, 0.3) is 0 Å². The van der Waals surface area contributed by atoms with E-state index in [4.69, 9.17) is 19.5 Å². The molecule has 0 bridgehead atoms. The van der Waals surface area contributed by atoms with Crippen LogP contribution in [0.3, 0.4) is 0 Å². The number of aliphatic hydroxyl groups is 1. The predicted molar refractivity (Wildman–Crippen MR) is 140 cm³/mol. The van der Waals surface area contributed by atoms with Crippen LogP contribution in [0.5, 0.6) is 0 Å². The summed E-state index contributed by atoms with van der Waals surface area (Å²) in [6, 6.07) is 10.9. The van der Waals surface area contributed by atoms with Crippen LogP contribution in [0.25, 0.3) is 0 Å². The van der Waals surface area contributed by atoms with Gasteiger partial charge < -0.3 is 15.6 Å². The average molecular weight is 559 g/mol. The second-order valence-corrected chi connectivity index (χ2v) is 12.6. The lowest BCUT2D eigenvalue weighted by molar-refractivity contribution is -0.119. The Balaban J connectivity index is 1.56. The van der Waals surface area contributed by atoms with Crippen molar-refractivity contribution >= 4 is 42.2 Å². The van der Waals surface area contributed by atoms with E-state index in [0.717, 1.165) is 17.3 Å². The van der Waals surface area contributed by atoms with Crippen molar-refractivity contribution in [2.24, 2.45) is 5.41 Å². The summed E-state index contributed by atoms with van der Waals surface area (Å²) < 4.78 is 31.9. The number of anilines is 1. The van der Waals surface area contributed by atoms with Gasteiger partial charge in [0.2, 0.25) is 0 Å². The smallest absolute Gasteiger partial charge is 0.395 e. The van der Waals surface area contributed by atoms with Gasteiger partial charge in [-0.1, -0.05) is 42.1 Å². The van der Waals surface area contributed by atoms with Crippen LogP contribution in [0.4, 0.5) is 5.82 Å². The first-order chi connectivity index (χ1) is 17.1. The average Bonchev–Trinajstić information content (AvgIpc) is 3.33. The molecule has 198 valence electrons. The lowest BCUT2D eigenvalue weighted by Crippen LogP contribution is -2.29. The Labute approximate surface area is 218 Å². The highest BCUT2D eigenvalue weighted by atomic mass is 32.2. The van der Waals surface area contributed by atoms with Crippen LogP contribution in [0.2, 0.25) is 0 Å². The van der Waals surface area contributed by atoms with Crippen LogP contribution in [-0.4, -0.2) is 56.5 Å². The molecule has 0 radical (unpaired) electrons. The van der Waals surface area contributed by atoms with Crippen molar-refractivity contribution in [1.82, 2.24) is 14.6 Å². The number of nitrogens with two attached hydrogens (primary N) is 1. The second-order valence-electron chi connectivity index (χ2n) is 8.52. The highest BCUT2D eigenvalue weighted by Crippen LogP contribution is 2.46. The predicted octanol–water partition coefficient (Wildman–Crippen LogP) is 2.62. The van der Waals surface area contributed by atoms with E-state index in [9.17, 15) is 19.3 Å². The van der Waals surface area contributed by atoms with Crippen LogP contribution in [0.1, 0.15) is 25.6 Å². The highest BCUT2D eigenvalue weighted by Gasteiger charge is 2.33. The summed E-state index contributed by atoms with van der Waals surface area (Å²) in [5.41, 5.74) is 4.56. The Morgan fingerprint density at radius 2 is 2.11 bits per heavy atom. The zero-order valence-corrected chi connectivity index (χ0v) is 22.6. The van der Waals surface area contributed by atoms with Gasteiger partial charge in [-0.05, 0) is 25.5 Å². The third-order valence-electron chi connectivity index (χ3n) is 5.12. The molecule has 14 heteroatoms. The fourth-order valence-corrected chi connectivity index (χ4v) is 6.26. The van der Waals surface area contributed by atoms with E-state index in [0.29, 0.717) is 5.75 Å². The fraction of sp³-hybridized carbons (Fsp3) is 0.500. The Morgan fingerprint density at radius 1 is 1.36 bits per heavy atom. The molecule has 3 rings (SSSR count). The minimum atomic E-state index is -3.77. The molecule has 1 saturated heterocycles. The summed E-state index contributed by atoms with van der Waals surface area (Å²) >= 11 is 2.41. The molecule has 11 nitrogen and oxygen atoms in total. The third kappa shape index (κ3) is 8.42. The van der Waals surface area contributed by atoms with Crippen molar-refractivity contribution in [3.63, 3.8) is 0 Å². The van der Waals surface area contributed by atoms with E-state index < -0.39 is 30.5 Å². The number of ether oxygens (including phenoxy) is 1. The van der Waals surface area contributed by atoms with E-state index in [1.54, 1.807) is 13.8 Å². The molecule has 1 aromatic heterocycles. The van der Waals surface area contributed by atoms with Gasteiger partial charge in [-0.2, -0.15) is 4.98 Å². The monoisotopic (exact) mass is 558 g/mol. The summed E-state index contributed by atoms with van der Waals surface area (Å²) in [5.74, 6) is 0.845. The molecule has 1 fully saturated rings. The van der Waals surface area contributed by atoms with E-state index in [1.807, 2.05) is 30.3 Å². The number of nitrogens with one attached hydrogen (secondary N) is 1. The van der Waals surface area contributed by atoms with Crippen LogP contribution >= 0.6 is 31.3 Å². The first-order valence-corrected chi connectivity index (χ1v) is 14.8. The van der Waals surface area contributed by atoms with Crippen molar-refractivity contribution in [2.75, 3.05) is 37.1 Å². The van der Waals surface area contributed by atoms with E-state index >= 15 is 0 Å². The maximum absolute atomic E-state index is 13.5. The Morgan fingerprint density at radius 3 is 2.81 bits per heavy atom. The molecule has 2 heterocycles. The van der Waals surface area contributed by atoms with Gasteiger partial charge in [0.1, 0.15) is 17.5 Å². The molecule has 0 spiro atoms. The van der Waals surface area contributed by atoms with Gasteiger partial charge in [0, 0.05) is 24.2 Å². The molecule has 0 saturated carbocycles. The topological polar surface area (TPSA) is 155 Å². The SMILES string of the molecule is CC(C)(CO)C(=O)SCCOP(=O)(NCc1ccccc1)OC[C@@H]1O[C@H](n2ccc(N)nc2=O)CS1. The largest absolute Gasteiger partial charge is 0.405 e. The minimum absolute atomic E-state index is 0.00915. The molecule has 1 aliphatic rings. The number of benzene rings is 1. The number of hydrogen-bond donors (Lipinski definition) is 3. The Bertz CT molecular complexity index is 1120. The van der Waals surface area contributed by atoms with Crippen molar-refractivity contribution in [2.45, 2.75) is 32.1 Å². The molecular weight excluding hydrogens is 527 g/mol. The maximum atomic E-state index is 13.5. The van der Waals surface area contributed by atoms with Crippen molar-refractivity contribution in [3.8, 4) is 0 Å². The summed E-state index contributed by atoms with van der Waals surface area (Å²) in [6.45, 7) is 3.22. The minimum Gasteiger partial charge on any atom is -0.395 e. The fourth-order valence-electron chi connectivity index (χ4n) is 2.94. The van der Waals surface area contributed by atoms with E-state index in [2.05, 4.69) is 10.1 Å². The number of carbonyl (C=O) groups excluding carboxylic acids is 1. The number of rotatable bonds is 13. The van der Waals surface area contributed by atoms with Gasteiger partial charge in [-0.25, -0.2) is 14.4 Å². The number of nitrogens with zero attached hydrogens (tertiary/aromatic N) is 2. The second kappa shape index (κ2) is 13.2. The van der Waals surface area contributed by atoms with Gasteiger partial charge in [0.05, 0.1) is 25.2 Å². The van der Waals surface area contributed by atoms with Crippen molar-refractivity contribution < 1.29 is 28.3 Å². The van der Waals surface area contributed by atoms with Crippen molar-refractivity contribution in [3.05, 3.63) is 58.6 Å². The molecule has 1 aromatic carbocycles. The highest BCUT2D eigenvalue weighted by molar-refractivity contribution is 8.13. The third-order valence-corrected chi connectivity index (χ3v) is 8.96. The standard InChI is InChI=1S/C22H31N4O7PS2/c1-22(2,15-27)20(28)35-11-10-31-34(30,24-12-16-6-4-3-5-7-16)32-13-19-33-18(14-36-19)26-9-8-17(23)25-21(26)29/h3-9,18-19,27H,10-15H2,1-2H3,(H,24,30)(H2,23,25,29)/t18-,19+,34?/m0/s1. The van der Waals surface area contributed by atoms with Crippen LogP contribution < -0.4 is 16.5 Å². The molecule has 2 aromatic rings. The van der Waals surface area contributed by atoms with Crippen LogP contribution in [0.15, 0.2) is 47.4 Å². The number of carbonyl (C=O) groups is 1. The Kier molecular flexibility index (Phi) is 10.6. The molecule has 1 aliphatic heterocycles. The molecule has 0 amide bonds. The Hall–Kier alpha value is -1.70. The lowest BCUT2D eigenvalue weighted by atomic mass is 9.97. The summed E-state index contributed by atoms with van der Waals surface area (Å²) in [5, 5.41) is 12.0. The number of nitrogen functional groups attached to an aromatic ring is 1. The van der Waals surface area contributed by atoms with E-state index in [1.165, 1.54) is 28.6 Å². The van der Waals surface area contributed by atoms with Crippen LogP contribution in [0, 0.1) is 5.41 Å². The number of hydrogen-bond acceptors (Lipinski definition) is 11. The van der Waals surface area contributed by atoms with Gasteiger partial charge in [-0.3, -0.25) is 18.4 Å². The maximum Gasteiger partial charge on any atom is 0.405 e. The van der Waals surface area contributed by atoms with Crippen molar-refractivity contribution in [1.29, 1.82) is 0 Å². The normalized spacial score (nSPS) is 19.8. The van der Waals surface area contributed by atoms with Gasteiger partial charge >= 0.3 is 13.4 Å². The van der Waals surface area contributed by atoms with Gasteiger partial charge in [0.15, 0.2) is 5.12 Å². The summed E-state index contributed by atoms with van der Waals surface area (Å²) in [4.78, 5) is 28.0. The molecule has 36 heavy (non-hydrogen) atoms. The molecular formula is C22H31N4O7PS2. The van der Waals surface area contributed by atoms with E-state index in [-0.39, 0.29) is 43.1 Å². The molecule has 4 N–H and O–H groups in total. The van der Waals surface area contributed by atoms with Gasteiger partial charge in [-0.15, -0.1) is 11.8 Å². The lowest BCUT2D eigenvalue weighted by Gasteiger charge is -2.22. The summed E-state index contributed by atoms with van der Waals surface area (Å²) in [7, 11) is -3.77. The molecule has 1 unspecified atom stereocenters. The first-order valence-electron chi connectivity index (χ1n) is 11.2. The number of aliphatic hydroxyl groups excluding tert-OH is 1. The number of aromatic nitrogens is 2.